The molecule has 1 aromatic carbocycles. The molecule has 0 aliphatic heterocycles. The number of carbonyl (C=O) groups excluding carboxylic acids is 2. The summed E-state index contributed by atoms with van der Waals surface area (Å²) in [6, 6.07) is 11.8. The predicted molar refractivity (Wildman–Crippen MR) is 86.1 cm³/mol. The molecule has 0 aliphatic rings. The first-order valence-corrected chi connectivity index (χ1v) is 7.27. The fourth-order valence-electron chi connectivity index (χ4n) is 2.11. The number of rotatable bonds is 5. The summed E-state index contributed by atoms with van der Waals surface area (Å²) in [5.41, 5.74) is 1.71. The van der Waals surface area contributed by atoms with Gasteiger partial charge in [0.05, 0.1) is 12.8 Å². The number of benzene rings is 1. The van der Waals surface area contributed by atoms with E-state index in [2.05, 4.69) is 15.8 Å². The lowest BCUT2D eigenvalue weighted by Crippen LogP contribution is -2.22. The Morgan fingerprint density at radius 1 is 1.12 bits per heavy atom. The molecule has 0 spiro atoms. The lowest BCUT2D eigenvalue weighted by atomic mass is 10.2. The highest BCUT2D eigenvalue weighted by atomic mass is 16.5. The molecule has 2 amide bonds. The van der Waals surface area contributed by atoms with E-state index in [4.69, 9.17) is 8.94 Å². The summed E-state index contributed by atoms with van der Waals surface area (Å²) in [5.74, 6) is 0.676. The second-order valence-corrected chi connectivity index (χ2v) is 5.10. The van der Waals surface area contributed by atoms with Crippen LogP contribution in [-0.4, -0.2) is 17.0 Å². The van der Waals surface area contributed by atoms with E-state index in [0.717, 1.165) is 0 Å². The minimum absolute atomic E-state index is 0.161. The average Bonchev–Trinajstić information content (AvgIpc) is 3.24. The minimum Gasteiger partial charge on any atom is -0.461 e. The molecule has 0 saturated carbocycles. The number of nitrogens with zero attached hydrogens (tertiary/aromatic N) is 1. The standard InChI is InChI=1S/C17H15N3O4/c1-11(21)19-13-6-4-12(5-7-13)17(22)18-10-14-9-16(24-20-14)15-3-2-8-23-15/h2-9H,10H2,1H3,(H,18,22)(H,19,21). The molecular formula is C17H15N3O4. The quantitative estimate of drug-likeness (QED) is 0.752. The number of hydrogen-bond acceptors (Lipinski definition) is 5. The van der Waals surface area contributed by atoms with Gasteiger partial charge in [-0.2, -0.15) is 0 Å². The second kappa shape index (κ2) is 6.82. The Hall–Kier alpha value is -3.35. The Morgan fingerprint density at radius 2 is 1.92 bits per heavy atom. The average molecular weight is 325 g/mol. The number of aromatic nitrogens is 1. The first kappa shape index (κ1) is 15.5. The molecule has 122 valence electrons. The normalized spacial score (nSPS) is 10.4. The maximum Gasteiger partial charge on any atom is 0.251 e. The predicted octanol–water partition coefficient (Wildman–Crippen LogP) is 2.82. The van der Waals surface area contributed by atoms with Crippen molar-refractivity contribution in [3.8, 4) is 11.5 Å². The van der Waals surface area contributed by atoms with Gasteiger partial charge in [0.15, 0.2) is 5.76 Å². The lowest BCUT2D eigenvalue weighted by molar-refractivity contribution is -0.114. The van der Waals surface area contributed by atoms with Crippen LogP contribution in [0.3, 0.4) is 0 Å². The van der Waals surface area contributed by atoms with Crippen molar-refractivity contribution in [2.45, 2.75) is 13.5 Å². The van der Waals surface area contributed by atoms with Crippen LogP contribution in [0.15, 0.2) is 57.7 Å². The van der Waals surface area contributed by atoms with Gasteiger partial charge in [0.1, 0.15) is 5.69 Å². The molecule has 0 bridgehead atoms. The molecule has 7 heteroatoms. The van der Waals surface area contributed by atoms with E-state index in [0.29, 0.717) is 28.5 Å². The van der Waals surface area contributed by atoms with E-state index in [1.165, 1.54) is 6.92 Å². The molecule has 24 heavy (non-hydrogen) atoms. The molecule has 0 saturated heterocycles. The second-order valence-electron chi connectivity index (χ2n) is 5.10. The van der Waals surface area contributed by atoms with Crippen LogP contribution < -0.4 is 10.6 Å². The molecule has 7 nitrogen and oxygen atoms in total. The van der Waals surface area contributed by atoms with Gasteiger partial charge in [-0.15, -0.1) is 0 Å². The molecule has 0 fully saturated rings. The van der Waals surface area contributed by atoms with Crippen molar-refractivity contribution in [1.29, 1.82) is 0 Å². The Morgan fingerprint density at radius 3 is 2.58 bits per heavy atom. The number of amides is 2. The van der Waals surface area contributed by atoms with Crippen LogP contribution in [0.1, 0.15) is 23.0 Å². The largest absolute Gasteiger partial charge is 0.461 e. The summed E-state index contributed by atoms with van der Waals surface area (Å²) in [7, 11) is 0. The van der Waals surface area contributed by atoms with Crippen molar-refractivity contribution in [2.75, 3.05) is 5.32 Å². The molecule has 2 heterocycles. The van der Waals surface area contributed by atoms with Gasteiger partial charge < -0.3 is 19.6 Å². The van der Waals surface area contributed by atoms with Crippen molar-refractivity contribution in [3.05, 3.63) is 60.0 Å². The zero-order valence-electron chi connectivity index (χ0n) is 12.9. The van der Waals surface area contributed by atoms with Crippen LogP contribution >= 0.6 is 0 Å². The van der Waals surface area contributed by atoms with Crippen LogP contribution in [0.2, 0.25) is 0 Å². The van der Waals surface area contributed by atoms with Gasteiger partial charge in [0, 0.05) is 24.2 Å². The van der Waals surface area contributed by atoms with Crippen molar-refractivity contribution < 1.29 is 18.5 Å². The molecule has 0 radical (unpaired) electrons. The van der Waals surface area contributed by atoms with Crippen LogP contribution in [0, 0.1) is 0 Å². The molecule has 3 rings (SSSR count). The van der Waals surface area contributed by atoms with E-state index in [9.17, 15) is 9.59 Å². The van der Waals surface area contributed by atoms with Gasteiger partial charge >= 0.3 is 0 Å². The maximum atomic E-state index is 12.1. The molecule has 0 unspecified atom stereocenters. The number of hydrogen-bond donors (Lipinski definition) is 2. The maximum absolute atomic E-state index is 12.1. The lowest BCUT2D eigenvalue weighted by Gasteiger charge is -2.05. The molecule has 2 aromatic heterocycles. The van der Waals surface area contributed by atoms with E-state index >= 15 is 0 Å². The summed E-state index contributed by atoms with van der Waals surface area (Å²) in [6.45, 7) is 1.66. The topological polar surface area (TPSA) is 97.4 Å². The zero-order valence-corrected chi connectivity index (χ0v) is 12.9. The summed E-state index contributed by atoms with van der Waals surface area (Å²) in [6.07, 6.45) is 1.55. The highest BCUT2D eigenvalue weighted by molar-refractivity contribution is 5.95. The fourth-order valence-corrected chi connectivity index (χ4v) is 2.11. The van der Waals surface area contributed by atoms with Crippen molar-refractivity contribution in [3.63, 3.8) is 0 Å². The third kappa shape index (κ3) is 3.70. The van der Waals surface area contributed by atoms with E-state index in [1.807, 2.05) is 0 Å². The van der Waals surface area contributed by atoms with Crippen LogP contribution in [-0.2, 0) is 11.3 Å². The Balaban J connectivity index is 1.58. The molecular weight excluding hydrogens is 310 g/mol. The monoisotopic (exact) mass is 325 g/mol. The number of furan rings is 1. The number of anilines is 1. The van der Waals surface area contributed by atoms with Gasteiger partial charge in [-0.05, 0) is 36.4 Å². The summed E-state index contributed by atoms with van der Waals surface area (Å²) < 4.78 is 10.4. The van der Waals surface area contributed by atoms with Gasteiger partial charge in [0.2, 0.25) is 11.7 Å². The Labute approximate surface area is 137 Å². The van der Waals surface area contributed by atoms with Gasteiger partial charge in [-0.3, -0.25) is 9.59 Å². The van der Waals surface area contributed by atoms with E-state index < -0.39 is 0 Å². The smallest absolute Gasteiger partial charge is 0.251 e. The Kier molecular flexibility index (Phi) is 4.42. The van der Waals surface area contributed by atoms with E-state index in [1.54, 1.807) is 48.7 Å². The number of nitrogens with one attached hydrogen (secondary N) is 2. The van der Waals surface area contributed by atoms with Crippen molar-refractivity contribution >= 4 is 17.5 Å². The summed E-state index contributed by atoms with van der Waals surface area (Å²) in [5, 5.41) is 9.29. The highest BCUT2D eigenvalue weighted by Crippen LogP contribution is 2.20. The van der Waals surface area contributed by atoms with Gasteiger partial charge in [-0.25, -0.2) is 0 Å². The minimum atomic E-state index is -0.244. The molecule has 2 N–H and O–H groups in total. The van der Waals surface area contributed by atoms with Crippen molar-refractivity contribution in [2.24, 2.45) is 0 Å². The zero-order chi connectivity index (χ0) is 16.9. The highest BCUT2D eigenvalue weighted by Gasteiger charge is 2.11. The third-order valence-electron chi connectivity index (χ3n) is 3.22. The van der Waals surface area contributed by atoms with Gasteiger partial charge in [0.25, 0.3) is 5.91 Å². The molecule has 0 atom stereocenters. The van der Waals surface area contributed by atoms with Crippen LogP contribution in [0.25, 0.3) is 11.5 Å². The third-order valence-corrected chi connectivity index (χ3v) is 3.22. The first-order chi connectivity index (χ1) is 11.6. The SMILES string of the molecule is CC(=O)Nc1ccc(C(=O)NCc2cc(-c3ccco3)on2)cc1. The summed E-state index contributed by atoms with van der Waals surface area (Å²) >= 11 is 0. The fraction of sp³-hybridized carbons (Fsp3) is 0.118. The van der Waals surface area contributed by atoms with Crippen LogP contribution in [0.5, 0.6) is 0 Å². The van der Waals surface area contributed by atoms with Gasteiger partial charge in [-0.1, -0.05) is 5.16 Å². The molecule has 3 aromatic rings. The van der Waals surface area contributed by atoms with E-state index in [-0.39, 0.29) is 18.4 Å². The molecule has 0 aliphatic carbocycles. The summed E-state index contributed by atoms with van der Waals surface area (Å²) in [4.78, 5) is 23.1. The Bertz CT molecular complexity index is 835. The van der Waals surface area contributed by atoms with Crippen LogP contribution in [0.4, 0.5) is 5.69 Å². The number of carbonyl (C=O) groups is 2. The van der Waals surface area contributed by atoms with Crippen molar-refractivity contribution in [1.82, 2.24) is 10.5 Å². The first-order valence-electron chi connectivity index (χ1n) is 7.27.